The number of oxazole rings is 1. The Hall–Kier alpha value is -1.62. The number of hydrogen-bond acceptors (Lipinski definition) is 5. The van der Waals surface area contributed by atoms with Crippen LogP contribution in [0.15, 0.2) is 21.9 Å². The van der Waals surface area contributed by atoms with Crippen LogP contribution in [0.4, 0.5) is 0 Å². The number of hydrogen-bond donors (Lipinski definition) is 0. The van der Waals surface area contributed by atoms with E-state index in [2.05, 4.69) is 4.98 Å². The molecule has 0 aromatic carbocycles. The summed E-state index contributed by atoms with van der Waals surface area (Å²) in [6.45, 7) is 4.06. The van der Waals surface area contributed by atoms with E-state index in [0.717, 1.165) is 17.7 Å². The van der Waals surface area contributed by atoms with Gasteiger partial charge in [-0.2, -0.15) is 0 Å². The van der Waals surface area contributed by atoms with Crippen molar-refractivity contribution >= 4 is 17.3 Å². The fourth-order valence-corrected chi connectivity index (χ4v) is 2.26. The van der Waals surface area contributed by atoms with Crippen molar-refractivity contribution in [2.75, 3.05) is 0 Å². The molecule has 2 aromatic heterocycles. The van der Waals surface area contributed by atoms with Crippen molar-refractivity contribution in [1.82, 2.24) is 4.98 Å². The molecule has 4 nitrogen and oxygen atoms in total. The first kappa shape index (κ1) is 13.8. The first-order valence-electron chi connectivity index (χ1n) is 6.36. The fourth-order valence-electron chi connectivity index (χ4n) is 1.61. The Morgan fingerprint density at radius 3 is 3.05 bits per heavy atom. The van der Waals surface area contributed by atoms with Crippen LogP contribution in [-0.2, 0) is 16.1 Å². The topological polar surface area (TPSA) is 52.3 Å². The number of aryl methyl sites for hydroxylation is 1. The summed E-state index contributed by atoms with van der Waals surface area (Å²) in [6.07, 6.45) is 2.31. The van der Waals surface area contributed by atoms with Crippen LogP contribution in [0.25, 0.3) is 10.8 Å². The van der Waals surface area contributed by atoms with Crippen LogP contribution in [0.1, 0.15) is 37.6 Å². The van der Waals surface area contributed by atoms with Gasteiger partial charge in [0.25, 0.3) is 0 Å². The summed E-state index contributed by atoms with van der Waals surface area (Å²) in [5.74, 6) is 1.11. The molecule has 0 amide bonds. The third kappa shape index (κ3) is 3.67. The van der Waals surface area contributed by atoms with E-state index in [1.165, 1.54) is 0 Å². The van der Waals surface area contributed by atoms with Crippen LogP contribution in [0, 0.1) is 6.92 Å². The molecule has 2 aromatic rings. The van der Waals surface area contributed by atoms with Crippen molar-refractivity contribution in [1.29, 1.82) is 0 Å². The molecule has 0 spiro atoms. The smallest absolute Gasteiger partial charge is 0.306 e. The summed E-state index contributed by atoms with van der Waals surface area (Å²) in [5.41, 5.74) is 0.688. The molecule has 0 aliphatic rings. The van der Waals surface area contributed by atoms with Gasteiger partial charge in [0.1, 0.15) is 18.1 Å². The van der Waals surface area contributed by atoms with E-state index in [1.54, 1.807) is 11.3 Å². The first-order valence-corrected chi connectivity index (χ1v) is 7.24. The van der Waals surface area contributed by atoms with Crippen molar-refractivity contribution in [3.05, 3.63) is 29.0 Å². The fraction of sp³-hybridized carbons (Fsp3) is 0.429. The second-order valence-corrected chi connectivity index (χ2v) is 5.21. The number of unbranched alkanes of at least 4 members (excludes halogenated alkanes) is 1. The van der Waals surface area contributed by atoms with Gasteiger partial charge in [-0.05, 0) is 24.8 Å². The molecule has 0 saturated carbocycles. The third-order valence-corrected chi connectivity index (χ3v) is 3.59. The summed E-state index contributed by atoms with van der Waals surface area (Å²) in [7, 11) is 0. The Morgan fingerprint density at radius 1 is 1.53 bits per heavy atom. The number of esters is 1. The van der Waals surface area contributed by atoms with E-state index >= 15 is 0 Å². The summed E-state index contributed by atoms with van der Waals surface area (Å²) in [5, 5.41) is 1.97. The largest absolute Gasteiger partial charge is 0.459 e. The van der Waals surface area contributed by atoms with Gasteiger partial charge in [0.05, 0.1) is 4.88 Å². The zero-order valence-electron chi connectivity index (χ0n) is 11.1. The van der Waals surface area contributed by atoms with E-state index in [0.29, 0.717) is 23.8 Å². The second kappa shape index (κ2) is 6.52. The zero-order chi connectivity index (χ0) is 13.7. The van der Waals surface area contributed by atoms with E-state index in [9.17, 15) is 4.79 Å². The molecule has 19 heavy (non-hydrogen) atoms. The molecule has 0 saturated heterocycles. The molecule has 2 heterocycles. The molecular formula is C14H17NO3S. The lowest BCUT2D eigenvalue weighted by atomic mass is 10.2. The Balaban J connectivity index is 1.96. The molecule has 0 N–H and O–H groups in total. The standard InChI is InChI=1S/C14H17NO3S/c1-3-4-7-13(16)17-9-11-10(2)18-14(15-11)12-6-5-8-19-12/h5-6,8H,3-4,7,9H2,1-2H3. The van der Waals surface area contributed by atoms with Gasteiger partial charge in [-0.3, -0.25) is 4.79 Å². The minimum Gasteiger partial charge on any atom is -0.459 e. The van der Waals surface area contributed by atoms with Gasteiger partial charge < -0.3 is 9.15 Å². The Bertz CT molecular complexity index is 531. The number of rotatable bonds is 6. The summed E-state index contributed by atoms with van der Waals surface area (Å²) < 4.78 is 10.8. The number of thiophene rings is 1. The van der Waals surface area contributed by atoms with Gasteiger partial charge in [-0.1, -0.05) is 19.4 Å². The van der Waals surface area contributed by atoms with Crippen molar-refractivity contribution in [3.8, 4) is 10.8 Å². The van der Waals surface area contributed by atoms with Crippen molar-refractivity contribution in [3.63, 3.8) is 0 Å². The van der Waals surface area contributed by atoms with Gasteiger partial charge in [0, 0.05) is 6.42 Å². The van der Waals surface area contributed by atoms with Crippen molar-refractivity contribution in [2.24, 2.45) is 0 Å². The summed E-state index contributed by atoms with van der Waals surface area (Å²) in [6, 6.07) is 3.90. The Morgan fingerprint density at radius 2 is 2.37 bits per heavy atom. The molecule has 102 valence electrons. The van der Waals surface area contributed by atoms with Crippen LogP contribution in [0.5, 0.6) is 0 Å². The average Bonchev–Trinajstić information content (AvgIpc) is 3.03. The maximum Gasteiger partial charge on any atom is 0.306 e. The molecule has 0 unspecified atom stereocenters. The quantitative estimate of drug-likeness (QED) is 0.751. The first-order chi connectivity index (χ1) is 9.20. The van der Waals surface area contributed by atoms with E-state index in [1.807, 2.05) is 31.4 Å². The normalized spacial score (nSPS) is 10.6. The molecule has 0 aliphatic heterocycles. The molecule has 5 heteroatoms. The van der Waals surface area contributed by atoms with Gasteiger partial charge in [0.15, 0.2) is 0 Å². The molecule has 0 atom stereocenters. The van der Waals surface area contributed by atoms with E-state index < -0.39 is 0 Å². The minimum absolute atomic E-state index is 0.179. The highest BCUT2D eigenvalue weighted by atomic mass is 32.1. The number of aromatic nitrogens is 1. The average molecular weight is 279 g/mol. The predicted octanol–water partition coefficient (Wildman–Crippen LogP) is 3.94. The lowest BCUT2D eigenvalue weighted by Gasteiger charge is -2.01. The Labute approximate surface area is 116 Å². The number of nitrogens with zero attached hydrogens (tertiary/aromatic N) is 1. The SMILES string of the molecule is CCCCC(=O)OCc1nc(-c2cccs2)oc1C. The molecular weight excluding hydrogens is 262 g/mol. The maximum atomic E-state index is 11.4. The molecule has 0 fully saturated rings. The van der Waals surface area contributed by atoms with Gasteiger partial charge in [0.2, 0.25) is 5.89 Å². The minimum atomic E-state index is -0.179. The van der Waals surface area contributed by atoms with Gasteiger partial charge >= 0.3 is 5.97 Å². The Kier molecular flexibility index (Phi) is 4.74. The van der Waals surface area contributed by atoms with Crippen LogP contribution in [0.3, 0.4) is 0 Å². The van der Waals surface area contributed by atoms with Gasteiger partial charge in [-0.15, -0.1) is 11.3 Å². The highest BCUT2D eigenvalue weighted by molar-refractivity contribution is 7.13. The lowest BCUT2D eigenvalue weighted by Crippen LogP contribution is -2.05. The van der Waals surface area contributed by atoms with Gasteiger partial charge in [-0.25, -0.2) is 4.98 Å². The molecule has 0 radical (unpaired) electrons. The lowest BCUT2D eigenvalue weighted by molar-refractivity contribution is -0.145. The second-order valence-electron chi connectivity index (χ2n) is 4.26. The van der Waals surface area contributed by atoms with E-state index in [-0.39, 0.29) is 12.6 Å². The van der Waals surface area contributed by atoms with E-state index in [4.69, 9.17) is 9.15 Å². The summed E-state index contributed by atoms with van der Waals surface area (Å²) >= 11 is 1.57. The summed E-state index contributed by atoms with van der Waals surface area (Å²) in [4.78, 5) is 16.8. The number of carbonyl (C=O) groups is 1. The van der Waals surface area contributed by atoms with Crippen molar-refractivity contribution < 1.29 is 13.9 Å². The van der Waals surface area contributed by atoms with Crippen LogP contribution in [0.2, 0.25) is 0 Å². The monoisotopic (exact) mass is 279 g/mol. The maximum absolute atomic E-state index is 11.4. The van der Waals surface area contributed by atoms with Crippen LogP contribution >= 0.6 is 11.3 Å². The number of carbonyl (C=O) groups excluding carboxylic acids is 1. The highest BCUT2D eigenvalue weighted by Crippen LogP contribution is 2.26. The van der Waals surface area contributed by atoms with Crippen molar-refractivity contribution in [2.45, 2.75) is 39.7 Å². The molecule has 0 bridgehead atoms. The number of ether oxygens (including phenoxy) is 1. The third-order valence-electron chi connectivity index (χ3n) is 2.73. The zero-order valence-corrected chi connectivity index (χ0v) is 12.0. The molecule has 0 aliphatic carbocycles. The molecule has 2 rings (SSSR count). The highest BCUT2D eigenvalue weighted by Gasteiger charge is 2.13. The van der Waals surface area contributed by atoms with Crippen LogP contribution in [-0.4, -0.2) is 11.0 Å². The predicted molar refractivity (Wildman–Crippen MR) is 73.9 cm³/mol. The van der Waals surface area contributed by atoms with Crippen LogP contribution < -0.4 is 0 Å².